The molecule has 0 N–H and O–H groups in total. The number of anilines is 1. The second-order valence-electron chi connectivity index (χ2n) is 7.96. The summed E-state index contributed by atoms with van der Waals surface area (Å²) in [5, 5.41) is 0. The standard InChI is InChI=1S/C24H30N2/c1-7-12-26-23-11-10-20(14-21(23)19(4)15-24(26,5)6)16-25-22-13-17(2)8-9-18(22)3/h8-11,13-16H,7,12H2,1-6H3. The second-order valence-corrected chi connectivity index (χ2v) is 7.96. The van der Waals surface area contributed by atoms with Crippen LogP contribution < -0.4 is 4.90 Å². The minimum atomic E-state index is 0.0569. The van der Waals surface area contributed by atoms with Crippen LogP contribution in [0.2, 0.25) is 0 Å². The lowest BCUT2D eigenvalue weighted by atomic mass is 9.88. The van der Waals surface area contributed by atoms with Gasteiger partial charge < -0.3 is 4.90 Å². The van der Waals surface area contributed by atoms with Crippen LogP contribution in [0.25, 0.3) is 5.57 Å². The summed E-state index contributed by atoms with van der Waals surface area (Å²) in [5.74, 6) is 0. The normalized spacial score (nSPS) is 15.9. The number of fused-ring (bicyclic) bond motifs is 1. The van der Waals surface area contributed by atoms with Crippen molar-refractivity contribution in [1.82, 2.24) is 0 Å². The quantitative estimate of drug-likeness (QED) is 0.580. The molecule has 2 nitrogen and oxygen atoms in total. The van der Waals surface area contributed by atoms with E-state index in [2.05, 4.69) is 88.9 Å². The zero-order valence-electron chi connectivity index (χ0n) is 16.9. The molecule has 0 bridgehead atoms. The summed E-state index contributed by atoms with van der Waals surface area (Å²) in [6.45, 7) is 14.3. The van der Waals surface area contributed by atoms with Crippen LogP contribution in [0.3, 0.4) is 0 Å². The Kier molecular flexibility index (Phi) is 5.04. The van der Waals surface area contributed by atoms with Crippen molar-refractivity contribution in [3.63, 3.8) is 0 Å². The summed E-state index contributed by atoms with van der Waals surface area (Å²) in [4.78, 5) is 7.25. The van der Waals surface area contributed by atoms with E-state index in [1.165, 1.54) is 28.0 Å². The number of aliphatic imine (C=N–C) groups is 1. The Morgan fingerprint density at radius 3 is 2.54 bits per heavy atom. The SMILES string of the molecule is CCCN1c2ccc(C=Nc3cc(C)ccc3C)cc2C(C)=CC1(C)C. The van der Waals surface area contributed by atoms with Crippen molar-refractivity contribution >= 4 is 23.2 Å². The lowest BCUT2D eigenvalue weighted by Gasteiger charge is -2.43. The first kappa shape index (κ1) is 18.4. The average Bonchev–Trinajstić information content (AvgIpc) is 2.59. The number of aryl methyl sites for hydroxylation is 2. The first-order chi connectivity index (χ1) is 12.3. The Labute approximate surface area is 158 Å². The van der Waals surface area contributed by atoms with Gasteiger partial charge in [0.1, 0.15) is 0 Å². The Morgan fingerprint density at radius 2 is 1.81 bits per heavy atom. The van der Waals surface area contributed by atoms with Gasteiger partial charge in [-0.1, -0.05) is 31.2 Å². The number of hydrogen-bond acceptors (Lipinski definition) is 2. The van der Waals surface area contributed by atoms with Gasteiger partial charge in [-0.15, -0.1) is 0 Å². The fraction of sp³-hybridized carbons (Fsp3) is 0.375. The van der Waals surface area contributed by atoms with Crippen LogP contribution in [0.4, 0.5) is 11.4 Å². The molecule has 0 aliphatic carbocycles. The molecule has 0 radical (unpaired) electrons. The Hall–Kier alpha value is -2.35. The molecule has 0 atom stereocenters. The Balaban J connectivity index is 1.97. The molecule has 0 aromatic heterocycles. The fourth-order valence-electron chi connectivity index (χ4n) is 3.82. The molecule has 1 heterocycles. The molecule has 0 amide bonds. The van der Waals surface area contributed by atoms with Gasteiger partial charge in [0, 0.05) is 24.0 Å². The molecule has 0 saturated carbocycles. The zero-order chi connectivity index (χ0) is 18.9. The van der Waals surface area contributed by atoms with Crippen molar-refractivity contribution in [2.75, 3.05) is 11.4 Å². The highest BCUT2D eigenvalue weighted by Crippen LogP contribution is 2.39. The van der Waals surface area contributed by atoms with E-state index in [1.54, 1.807) is 0 Å². The molecule has 0 unspecified atom stereocenters. The monoisotopic (exact) mass is 346 g/mol. The van der Waals surface area contributed by atoms with E-state index in [4.69, 9.17) is 4.99 Å². The van der Waals surface area contributed by atoms with Gasteiger partial charge in [0.25, 0.3) is 0 Å². The smallest absolute Gasteiger partial charge is 0.0661 e. The third-order valence-corrected chi connectivity index (χ3v) is 5.17. The summed E-state index contributed by atoms with van der Waals surface area (Å²) in [7, 11) is 0. The molecular weight excluding hydrogens is 316 g/mol. The van der Waals surface area contributed by atoms with Crippen LogP contribution in [-0.4, -0.2) is 18.3 Å². The maximum absolute atomic E-state index is 4.74. The van der Waals surface area contributed by atoms with Gasteiger partial charge >= 0.3 is 0 Å². The third kappa shape index (κ3) is 3.60. The summed E-state index contributed by atoms with van der Waals surface area (Å²) in [6.07, 6.45) is 5.52. The first-order valence-corrected chi connectivity index (χ1v) is 9.54. The Bertz CT molecular complexity index is 872. The zero-order valence-corrected chi connectivity index (χ0v) is 16.9. The van der Waals surface area contributed by atoms with Crippen LogP contribution in [0.1, 0.15) is 56.4 Å². The van der Waals surface area contributed by atoms with E-state index < -0.39 is 0 Å². The molecule has 0 saturated heterocycles. The highest BCUT2D eigenvalue weighted by molar-refractivity contribution is 5.89. The number of rotatable bonds is 4. The van der Waals surface area contributed by atoms with E-state index in [0.717, 1.165) is 24.2 Å². The van der Waals surface area contributed by atoms with E-state index >= 15 is 0 Å². The third-order valence-electron chi connectivity index (χ3n) is 5.17. The minimum absolute atomic E-state index is 0.0569. The second kappa shape index (κ2) is 7.11. The largest absolute Gasteiger partial charge is 0.362 e. The van der Waals surface area contributed by atoms with Crippen molar-refractivity contribution in [3.8, 4) is 0 Å². The molecule has 1 aliphatic rings. The molecule has 2 aromatic carbocycles. The first-order valence-electron chi connectivity index (χ1n) is 9.54. The summed E-state index contributed by atoms with van der Waals surface area (Å²) in [6, 6.07) is 13.1. The molecule has 2 heteroatoms. The topological polar surface area (TPSA) is 15.6 Å². The molecule has 2 aromatic rings. The van der Waals surface area contributed by atoms with Gasteiger partial charge in [0.05, 0.1) is 11.2 Å². The molecule has 26 heavy (non-hydrogen) atoms. The van der Waals surface area contributed by atoms with Crippen molar-refractivity contribution in [1.29, 1.82) is 0 Å². The molecule has 1 aliphatic heterocycles. The van der Waals surface area contributed by atoms with Crippen LogP contribution in [-0.2, 0) is 0 Å². The van der Waals surface area contributed by atoms with Crippen LogP contribution in [0.5, 0.6) is 0 Å². The van der Waals surface area contributed by atoms with Gasteiger partial charge in [-0.3, -0.25) is 4.99 Å². The van der Waals surface area contributed by atoms with Gasteiger partial charge in [0.15, 0.2) is 0 Å². The Morgan fingerprint density at radius 1 is 1.04 bits per heavy atom. The van der Waals surface area contributed by atoms with Crippen molar-refractivity contribution in [2.45, 2.75) is 53.5 Å². The van der Waals surface area contributed by atoms with Crippen molar-refractivity contribution in [3.05, 3.63) is 64.7 Å². The van der Waals surface area contributed by atoms with Gasteiger partial charge in [-0.2, -0.15) is 0 Å². The maximum Gasteiger partial charge on any atom is 0.0661 e. The molecular formula is C24H30N2. The van der Waals surface area contributed by atoms with Crippen LogP contribution >= 0.6 is 0 Å². The molecule has 136 valence electrons. The summed E-state index contributed by atoms with van der Waals surface area (Å²) in [5.41, 5.74) is 8.70. The lowest BCUT2D eigenvalue weighted by molar-refractivity contribution is 0.550. The number of nitrogens with zero attached hydrogens (tertiary/aromatic N) is 2. The van der Waals surface area contributed by atoms with E-state index in [9.17, 15) is 0 Å². The van der Waals surface area contributed by atoms with Crippen molar-refractivity contribution < 1.29 is 0 Å². The number of benzene rings is 2. The van der Waals surface area contributed by atoms with Crippen LogP contribution in [0, 0.1) is 13.8 Å². The number of allylic oxidation sites excluding steroid dienone is 1. The highest BCUT2D eigenvalue weighted by atomic mass is 15.2. The summed E-state index contributed by atoms with van der Waals surface area (Å²) >= 11 is 0. The fourth-order valence-corrected chi connectivity index (χ4v) is 3.82. The minimum Gasteiger partial charge on any atom is -0.362 e. The van der Waals surface area contributed by atoms with Crippen LogP contribution in [0.15, 0.2) is 47.5 Å². The van der Waals surface area contributed by atoms with Gasteiger partial charge in [-0.05, 0) is 81.5 Å². The highest BCUT2D eigenvalue weighted by Gasteiger charge is 2.30. The molecule has 0 fully saturated rings. The lowest BCUT2D eigenvalue weighted by Crippen LogP contribution is -2.45. The van der Waals surface area contributed by atoms with E-state index in [1.807, 2.05) is 6.21 Å². The number of hydrogen-bond donors (Lipinski definition) is 0. The van der Waals surface area contributed by atoms with E-state index in [0.29, 0.717) is 0 Å². The van der Waals surface area contributed by atoms with Gasteiger partial charge in [0.2, 0.25) is 0 Å². The van der Waals surface area contributed by atoms with Crippen molar-refractivity contribution in [2.24, 2.45) is 4.99 Å². The predicted molar refractivity (Wildman–Crippen MR) is 115 cm³/mol. The average molecular weight is 347 g/mol. The molecule has 3 rings (SSSR count). The predicted octanol–water partition coefficient (Wildman–Crippen LogP) is 6.47. The maximum atomic E-state index is 4.74. The molecule has 0 spiro atoms. The van der Waals surface area contributed by atoms with E-state index in [-0.39, 0.29) is 5.54 Å². The van der Waals surface area contributed by atoms with Gasteiger partial charge in [-0.25, -0.2) is 0 Å². The summed E-state index contributed by atoms with van der Waals surface area (Å²) < 4.78 is 0.